The summed E-state index contributed by atoms with van der Waals surface area (Å²) in [6, 6.07) is 33.5. The van der Waals surface area contributed by atoms with E-state index in [0.717, 1.165) is 28.5 Å². The SMILES string of the molecule is CCc1ccc2cc(C(O)c3ccc(OCc4ccccc4)c(OCc4ccccc4)c3)oc2c1. The first-order valence-electron chi connectivity index (χ1n) is 11.9. The predicted octanol–water partition coefficient (Wildman–Crippen LogP) is 7.23. The van der Waals surface area contributed by atoms with Gasteiger partial charge in [-0.3, -0.25) is 0 Å². The highest BCUT2D eigenvalue weighted by molar-refractivity contribution is 5.79. The molecule has 0 aliphatic rings. The average molecular weight is 465 g/mol. The Morgan fingerprint density at radius 2 is 1.34 bits per heavy atom. The van der Waals surface area contributed by atoms with Crippen molar-refractivity contribution in [3.05, 3.63) is 131 Å². The lowest BCUT2D eigenvalue weighted by atomic mass is 10.1. The van der Waals surface area contributed by atoms with E-state index in [4.69, 9.17) is 13.9 Å². The molecule has 0 aliphatic carbocycles. The maximum atomic E-state index is 11.1. The summed E-state index contributed by atoms with van der Waals surface area (Å²) in [6.07, 6.45) is 0.0101. The fourth-order valence-corrected chi connectivity index (χ4v) is 4.01. The van der Waals surface area contributed by atoms with Crippen molar-refractivity contribution in [3.63, 3.8) is 0 Å². The van der Waals surface area contributed by atoms with Crippen LogP contribution in [0.4, 0.5) is 0 Å². The molecule has 1 aromatic heterocycles. The summed E-state index contributed by atoms with van der Waals surface area (Å²) in [6.45, 7) is 2.93. The Bertz CT molecular complexity index is 1390. The fourth-order valence-electron chi connectivity index (χ4n) is 4.01. The summed E-state index contributed by atoms with van der Waals surface area (Å²) in [5.41, 5.74) is 4.77. The Kier molecular flexibility index (Phi) is 6.82. The summed E-state index contributed by atoms with van der Waals surface area (Å²) in [4.78, 5) is 0. The summed E-state index contributed by atoms with van der Waals surface area (Å²) < 4.78 is 18.3. The third-order valence-corrected chi connectivity index (χ3v) is 6.04. The lowest BCUT2D eigenvalue weighted by Crippen LogP contribution is -2.03. The minimum atomic E-state index is -0.922. The molecule has 4 aromatic carbocycles. The van der Waals surface area contributed by atoms with Crippen LogP contribution in [-0.4, -0.2) is 5.11 Å². The zero-order chi connectivity index (χ0) is 24.0. The molecule has 0 fully saturated rings. The van der Waals surface area contributed by atoms with Crippen LogP contribution in [0.25, 0.3) is 11.0 Å². The van der Waals surface area contributed by atoms with Crippen molar-refractivity contribution < 1.29 is 19.0 Å². The number of benzene rings is 4. The fraction of sp³-hybridized carbons (Fsp3) is 0.161. The smallest absolute Gasteiger partial charge is 0.162 e. The third kappa shape index (κ3) is 5.39. The topological polar surface area (TPSA) is 51.8 Å². The highest BCUT2D eigenvalue weighted by Crippen LogP contribution is 2.35. The number of aryl methyl sites for hydroxylation is 1. The molecule has 4 nitrogen and oxygen atoms in total. The van der Waals surface area contributed by atoms with E-state index in [1.165, 1.54) is 5.56 Å². The van der Waals surface area contributed by atoms with Gasteiger partial charge in [-0.25, -0.2) is 0 Å². The Morgan fingerprint density at radius 3 is 2.00 bits per heavy atom. The van der Waals surface area contributed by atoms with Gasteiger partial charge in [-0.15, -0.1) is 0 Å². The lowest BCUT2D eigenvalue weighted by molar-refractivity contribution is 0.190. The molecule has 0 radical (unpaired) electrons. The molecular weight excluding hydrogens is 436 g/mol. The van der Waals surface area contributed by atoms with E-state index in [9.17, 15) is 5.11 Å². The van der Waals surface area contributed by atoms with Crippen LogP contribution in [-0.2, 0) is 19.6 Å². The van der Waals surface area contributed by atoms with Gasteiger partial charge in [-0.2, -0.15) is 0 Å². The van der Waals surface area contributed by atoms with Crippen LogP contribution >= 0.6 is 0 Å². The monoisotopic (exact) mass is 464 g/mol. The van der Waals surface area contributed by atoms with Crippen molar-refractivity contribution in [1.82, 2.24) is 0 Å². The highest BCUT2D eigenvalue weighted by atomic mass is 16.5. The number of hydrogen-bond donors (Lipinski definition) is 1. The Labute approximate surface area is 205 Å². The zero-order valence-electron chi connectivity index (χ0n) is 19.7. The number of aliphatic hydroxyl groups is 1. The maximum Gasteiger partial charge on any atom is 0.162 e. The van der Waals surface area contributed by atoms with Gasteiger partial charge >= 0.3 is 0 Å². The van der Waals surface area contributed by atoms with E-state index in [1.54, 1.807) is 0 Å². The molecule has 1 atom stereocenters. The van der Waals surface area contributed by atoms with Crippen molar-refractivity contribution in [1.29, 1.82) is 0 Å². The quantitative estimate of drug-likeness (QED) is 0.250. The number of rotatable bonds is 9. The highest BCUT2D eigenvalue weighted by Gasteiger charge is 2.19. The molecule has 5 aromatic rings. The van der Waals surface area contributed by atoms with Crippen LogP contribution in [0, 0.1) is 0 Å². The number of fused-ring (bicyclic) bond motifs is 1. The molecule has 1 heterocycles. The molecule has 0 saturated heterocycles. The van der Waals surface area contributed by atoms with Crippen molar-refractivity contribution in [2.75, 3.05) is 0 Å². The van der Waals surface area contributed by atoms with Crippen LogP contribution in [0.3, 0.4) is 0 Å². The minimum Gasteiger partial charge on any atom is -0.485 e. The molecule has 35 heavy (non-hydrogen) atoms. The molecule has 0 amide bonds. The van der Waals surface area contributed by atoms with Gasteiger partial charge in [0.25, 0.3) is 0 Å². The van der Waals surface area contributed by atoms with Crippen molar-refractivity contribution >= 4 is 11.0 Å². The Balaban J connectivity index is 1.41. The molecule has 1 unspecified atom stereocenters. The summed E-state index contributed by atoms with van der Waals surface area (Å²) >= 11 is 0. The van der Waals surface area contributed by atoms with Crippen molar-refractivity contribution in [2.45, 2.75) is 32.7 Å². The first-order valence-corrected chi connectivity index (χ1v) is 11.9. The molecular formula is C31H28O4. The van der Waals surface area contributed by atoms with Crippen molar-refractivity contribution in [3.8, 4) is 11.5 Å². The second kappa shape index (κ2) is 10.5. The number of hydrogen-bond acceptors (Lipinski definition) is 4. The molecule has 0 saturated carbocycles. The normalized spacial score (nSPS) is 11.9. The van der Waals surface area contributed by atoms with Gasteiger partial charge in [0.15, 0.2) is 11.5 Å². The molecule has 0 aliphatic heterocycles. The number of aliphatic hydroxyl groups excluding tert-OH is 1. The van der Waals surface area contributed by atoms with E-state index in [2.05, 4.69) is 13.0 Å². The summed E-state index contributed by atoms with van der Waals surface area (Å²) in [5.74, 6) is 1.70. The Hall–Kier alpha value is -4.02. The molecule has 1 N–H and O–H groups in total. The first-order chi connectivity index (χ1) is 17.2. The zero-order valence-corrected chi connectivity index (χ0v) is 19.7. The third-order valence-electron chi connectivity index (χ3n) is 6.04. The van der Waals surface area contributed by atoms with E-state index in [1.807, 2.05) is 97.1 Å². The van der Waals surface area contributed by atoms with Crippen LogP contribution in [0.2, 0.25) is 0 Å². The van der Waals surface area contributed by atoms with Gasteiger partial charge < -0.3 is 19.0 Å². The van der Waals surface area contributed by atoms with E-state index in [-0.39, 0.29) is 0 Å². The van der Waals surface area contributed by atoms with Gasteiger partial charge in [-0.1, -0.05) is 85.8 Å². The van der Waals surface area contributed by atoms with Crippen molar-refractivity contribution in [2.24, 2.45) is 0 Å². The van der Waals surface area contributed by atoms with Crippen LogP contribution < -0.4 is 9.47 Å². The molecule has 4 heteroatoms. The maximum absolute atomic E-state index is 11.1. The largest absolute Gasteiger partial charge is 0.485 e. The molecule has 0 bridgehead atoms. The van der Waals surface area contributed by atoms with Crippen LogP contribution in [0.5, 0.6) is 11.5 Å². The van der Waals surface area contributed by atoms with Gasteiger partial charge in [0.1, 0.15) is 30.7 Å². The summed E-state index contributed by atoms with van der Waals surface area (Å²) in [5, 5.41) is 12.1. The summed E-state index contributed by atoms with van der Waals surface area (Å²) in [7, 11) is 0. The van der Waals surface area contributed by atoms with Gasteiger partial charge in [0.2, 0.25) is 0 Å². The van der Waals surface area contributed by atoms with E-state index >= 15 is 0 Å². The van der Waals surface area contributed by atoms with E-state index in [0.29, 0.717) is 36.0 Å². The predicted molar refractivity (Wildman–Crippen MR) is 138 cm³/mol. The molecule has 5 rings (SSSR count). The first kappa shape index (κ1) is 22.8. The van der Waals surface area contributed by atoms with Gasteiger partial charge in [0, 0.05) is 5.39 Å². The van der Waals surface area contributed by atoms with Crippen LogP contribution in [0.1, 0.15) is 41.0 Å². The second-order valence-corrected chi connectivity index (χ2v) is 8.53. The van der Waals surface area contributed by atoms with Gasteiger partial charge in [0.05, 0.1) is 0 Å². The molecule has 0 spiro atoms. The molecule has 176 valence electrons. The van der Waals surface area contributed by atoms with Crippen LogP contribution in [0.15, 0.2) is 108 Å². The van der Waals surface area contributed by atoms with Gasteiger partial charge in [-0.05, 0) is 52.9 Å². The lowest BCUT2D eigenvalue weighted by Gasteiger charge is -2.16. The van der Waals surface area contributed by atoms with E-state index < -0.39 is 6.10 Å². The Morgan fingerprint density at radius 1 is 0.686 bits per heavy atom. The minimum absolute atomic E-state index is 0.395. The second-order valence-electron chi connectivity index (χ2n) is 8.53. The number of ether oxygens (including phenoxy) is 2. The average Bonchev–Trinajstić information content (AvgIpc) is 3.35. The standard InChI is InChI=1S/C31H28O4/c1-2-22-13-14-25-18-30(35-28(25)17-22)31(32)26-15-16-27(33-20-23-9-5-3-6-10-23)29(19-26)34-21-24-11-7-4-8-12-24/h3-19,31-32H,2,20-21H2,1H3. The number of furan rings is 1.